The summed E-state index contributed by atoms with van der Waals surface area (Å²) in [5.74, 6) is -0.617. The van der Waals surface area contributed by atoms with Crippen LogP contribution < -0.4 is 10.2 Å². The molecule has 1 heterocycles. The average molecular weight is 487 g/mol. The van der Waals surface area contributed by atoms with E-state index in [4.69, 9.17) is 14.3 Å². The second-order valence-electron chi connectivity index (χ2n) is 8.50. The summed E-state index contributed by atoms with van der Waals surface area (Å²) in [5.41, 5.74) is 2.36. The van der Waals surface area contributed by atoms with Gasteiger partial charge < -0.3 is 14.3 Å². The zero-order valence-corrected chi connectivity index (χ0v) is 19.8. The van der Waals surface area contributed by atoms with Gasteiger partial charge in [0.1, 0.15) is 22.9 Å². The van der Waals surface area contributed by atoms with Crippen molar-refractivity contribution < 1.29 is 23.4 Å². The molecule has 0 amide bonds. The highest BCUT2D eigenvalue weighted by Gasteiger charge is 2.10. The maximum atomic E-state index is 14.7. The Bertz CT molecular complexity index is 1420. The lowest BCUT2D eigenvalue weighted by molar-refractivity contribution is -0.137. The summed E-state index contributed by atoms with van der Waals surface area (Å²) in [4.78, 5) is 23.3. The zero-order valence-electron chi connectivity index (χ0n) is 19.8. The van der Waals surface area contributed by atoms with E-state index in [0.717, 1.165) is 19.3 Å². The number of aliphatic carboxylic acids is 1. The van der Waals surface area contributed by atoms with Gasteiger partial charge in [0.2, 0.25) is 0 Å². The van der Waals surface area contributed by atoms with Crippen LogP contribution in [0.15, 0.2) is 82.0 Å². The molecular weight excluding hydrogens is 459 g/mol. The van der Waals surface area contributed by atoms with Crippen molar-refractivity contribution in [1.29, 1.82) is 0 Å². The molecule has 1 aromatic heterocycles. The van der Waals surface area contributed by atoms with E-state index in [9.17, 15) is 14.0 Å². The lowest BCUT2D eigenvalue weighted by Crippen LogP contribution is -2.05. The summed E-state index contributed by atoms with van der Waals surface area (Å²) in [7, 11) is 0. The van der Waals surface area contributed by atoms with E-state index in [-0.39, 0.29) is 18.3 Å². The van der Waals surface area contributed by atoms with Crippen molar-refractivity contribution in [3.05, 3.63) is 111 Å². The topological polar surface area (TPSA) is 76.7 Å². The molecule has 0 atom stereocenters. The summed E-state index contributed by atoms with van der Waals surface area (Å²) in [5, 5.41) is 9.29. The molecule has 5 nitrogen and oxygen atoms in total. The lowest BCUT2D eigenvalue weighted by atomic mass is 10.1. The number of hydrogen-bond acceptors (Lipinski definition) is 4. The Morgan fingerprint density at radius 2 is 1.72 bits per heavy atom. The Labute approximate surface area is 208 Å². The molecule has 1 N–H and O–H groups in total. The fourth-order valence-corrected chi connectivity index (χ4v) is 3.91. The molecule has 6 heteroatoms. The Hall–Kier alpha value is -4.19. The van der Waals surface area contributed by atoms with Crippen LogP contribution in [0, 0.1) is 5.82 Å². The van der Waals surface area contributed by atoms with E-state index in [1.165, 1.54) is 17.7 Å². The molecule has 0 unspecified atom stereocenters. The molecule has 0 aliphatic heterocycles. The third-order valence-electron chi connectivity index (χ3n) is 5.81. The van der Waals surface area contributed by atoms with Gasteiger partial charge in [-0.1, -0.05) is 54.6 Å². The van der Waals surface area contributed by atoms with Crippen LogP contribution in [-0.2, 0) is 17.6 Å². The van der Waals surface area contributed by atoms with E-state index in [1.54, 1.807) is 42.5 Å². The molecule has 0 saturated carbocycles. The number of aryl methyl sites for hydroxylation is 2. The summed E-state index contributed by atoms with van der Waals surface area (Å²) >= 11 is 0. The molecule has 0 saturated heterocycles. The number of rotatable bonds is 11. The van der Waals surface area contributed by atoms with Crippen molar-refractivity contribution in [3.63, 3.8) is 0 Å². The van der Waals surface area contributed by atoms with Gasteiger partial charge in [-0.15, -0.1) is 0 Å². The van der Waals surface area contributed by atoms with E-state index in [2.05, 4.69) is 12.1 Å². The van der Waals surface area contributed by atoms with Crippen LogP contribution >= 0.6 is 0 Å². The average Bonchev–Trinajstić information content (AvgIpc) is 2.87. The lowest BCUT2D eigenvalue weighted by Gasteiger charge is -2.08. The van der Waals surface area contributed by atoms with Gasteiger partial charge in [-0.3, -0.25) is 9.59 Å². The normalized spacial score (nSPS) is 11.2. The van der Waals surface area contributed by atoms with Crippen molar-refractivity contribution in [1.82, 2.24) is 0 Å². The molecule has 0 spiro atoms. The number of carboxylic acids is 1. The molecule has 4 aromatic rings. The molecule has 184 valence electrons. The minimum atomic E-state index is -0.971. The fourth-order valence-electron chi connectivity index (χ4n) is 3.91. The molecular formula is C30H27FO5. The highest BCUT2D eigenvalue weighted by molar-refractivity contribution is 5.88. The van der Waals surface area contributed by atoms with Crippen LogP contribution in [0.2, 0.25) is 0 Å². The Morgan fingerprint density at radius 1 is 0.917 bits per heavy atom. The quantitative estimate of drug-likeness (QED) is 0.193. The third kappa shape index (κ3) is 6.69. The highest BCUT2D eigenvalue weighted by Crippen LogP contribution is 2.23. The van der Waals surface area contributed by atoms with E-state index >= 15 is 0 Å². The van der Waals surface area contributed by atoms with Crippen LogP contribution in [0.3, 0.4) is 0 Å². The summed E-state index contributed by atoms with van der Waals surface area (Å²) in [6, 6.07) is 21.4. The Kier molecular flexibility index (Phi) is 8.29. The van der Waals surface area contributed by atoms with Crippen LogP contribution in [0.25, 0.3) is 23.1 Å². The van der Waals surface area contributed by atoms with Crippen molar-refractivity contribution in [2.24, 2.45) is 0 Å². The molecule has 0 fully saturated rings. The van der Waals surface area contributed by atoms with E-state index in [0.29, 0.717) is 40.2 Å². The first-order chi connectivity index (χ1) is 17.5. The molecule has 0 bridgehead atoms. The van der Waals surface area contributed by atoms with Crippen molar-refractivity contribution in [3.8, 4) is 5.75 Å². The van der Waals surface area contributed by atoms with Gasteiger partial charge >= 0.3 is 5.97 Å². The van der Waals surface area contributed by atoms with Crippen LogP contribution in [-0.4, -0.2) is 17.7 Å². The van der Waals surface area contributed by atoms with Gasteiger partial charge in [0.15, 0.2) is 5.43 Å². The van der Waals surface area contributed by atoms with Crippen molar-refractivity contribution in [2.45, 2.75) is 32.1 Å². The third-order valence-corrected chi connectivity index (χ3v) is 5.81. The van der Waals surface area contributed by atoms with Gasteiger partial charge in [0.05, 0.1) is 18.4 Å². The second kappa shape index (κ2) is 12.0. The number of para-hydroxylation sites is 1. The van der Waals surface area contributed by atoms with Gasteiger partial charge in [0, 0.05) is 29.7 Å². The molecule has 3 aromatic carbocycles. The molecule has 0 radical (unpaired) electrons. The SMILES string of the molecule is O=C(O)CCc1cc(=O)c2cccc(/C=C/c3ccc(OCCCCc4ccccc4)cc3F)c2o1. The minimum absolute atomic E-state index is 0.112. The fraction of sp³-hybridized carbons (Fsp3) is 0.200. The number of hydrogen-bond donors (Lipinski definition) is 1. The monoisotopic (exact) mass is 486 g/mol. The summed E-state index contributed by atoms with van der Waals surface area (Å²) < 4.78 is 26.2. The smallest absolute Gasteiger partial charge is 0.303 e. The summed E-state index contributed by atoms with van der Waals surface area (Å²) in [6.45, 7) is 0.515. The van der Waals surface area contributed by atoms with Crippen LogP contribution in [0.1, 0.15) is 41.7 Å². The molecule has 4 rings (SSSR count). The number of unbranched alkanes of at least 4 members (excludes halogenated alkanes) is 1. The second-order valence-corrected chi connectivity index (χ2v) is 8.50. The Morgan fingerprint density at radius 3 is 2.50 bits per heavy atom. The number of benzene rings is 3. The molecule has 36 heavy (non-hydrogen) atoms. The molecule has 0 aliphatic carbocycles. The van der Waals surface area contributed by atoms with Crippen molar-refractivity contribution in [2.75, 3.05) is 6.61 Å². The predicted octanol–water partition coefficient (Wildman–Crippen LogP) is 6.52. The maximum absolute atomic E-state index is 14.7. The maximum Gasteiger partial charge on any atom is 0.303 e. The first-order valence-electron chi connectivity index (χ1n) is 11.9. The first kappa shape index (κ1) is 24.9. The zero-order chi connectivity index (χ0) is 25.3. The first-order valence-corrected chi connectivity index (χ1v) is 11.9. The largest absolute Gasteiger partial charge is 0.493 e. The highest BCUT2D eigenvalue weighted by atomic mass is 19.1. The predicted molar refractivity (Wildman–Crippen MR) is 139 cm³/mol. The van der Waals surface area contributed by atoms with Crippen LogP contribution in [0.4, 0.5) is 4.39 Å². The minimum Gasteiger partial charge on any atom is -0.493 e. The number of ether oxygens (including phenoxy) is 1. The van der Waals surface area contributed by atoms with E-state index < -0.39 is 11.8 Å². The standard InChI is InChI=1S/C30H27FO5/c31-27-19-24(35-18-5-4-9-21-7-2-1-3-8-21)15-14-22(27)12-13-23-10-6-11-26-28(32)20-25(36-30(23)26)16-17-29(33)34/h1-3,6-8,10-15,19-20H,4-5,9,16-18H2,(H,33,34)/b13-12+. The number of fused-ring (bicyclic) bond motifs is 1. The van der Waals surface area contributed by atoms with E-state index in [1.807, 2.05) is 18.2 Å². The summed E-state index contributed by atoms with van der Waals surface area (Å²) in [6.07, 6.45) is 6.11. The van der Waals surface area contributed by atoms with Gasteiger partial charge in [-0.05, 0) is 43.0 Å². The molecule has 0 aliphatic rings. The van der Waals surface area contributed by atoms with Crippen molar-refractivity contribution >= 4 is 29.1 Å². The number of carboxylic acid groups (broad SMARTS) is 1. The van der Waals surface area contributed by atoms with Gasteiger partial charge in [0.25, 0.3) is 0 Å². The van der Waals surface area contributed by atoms with Crippen LogP contribution in [0.5, 0.6) is 5.75 Å². The Balaban J connectivity index is 1.41. The number of carbonyl (C=O) groups is 1. The van der Waals surface area contributed by atoms with Gasteiger partial charge in [-0.25, -0.2) is 4.39 Å². The van der Waals surface area contributed by atoms with Gasteiger partial charge in [-0.2, -0.15) is 0 Å². The number of halogens is 1.